The lowest BCUT2D eigenvalue weighted by Gasteiger charge is -2.20. The monoisotopic (exact) mass is 404 g/mol. The lowest BCUT2D eigenvalue weighted by molar-refractivity contribution is -0.335. The summed E-state index contributed by atoms with van der Waals surface area (Å²) in [6.45, 7) is 3.70. The number of ether oxygens (including phenoxy) is 2. The molecule has 0 heterocycles. The molecule has 0 saturated heterocycles. The molecule has 0 unspecified atom stereocenters. The van der Waals surface area contributed by atoms with Crippen LogP contribution in [0.3, 0.4) is 0 Å². The first kappa shape index (κ1) is 25.0. The van der Waals surface area contributed by atoms with Crippen molar-refractivity contribution in [3.05, 3.63) is 23.4 Å². The van der Waals surface area contributed by atoms with Crippen molar-refractivity contribution in [1.29, 1.82) is 0 Å². The lowest BCUT2D eigenvalue weighted by atomic mass is 10.0. The predicted molar refractivity (Wildman–Crippen MR) is 86.9 cm³/mol. The van der Waals surface area contributed by atoms with Crippen LogP contribution in [0.1, 0.15) is 33.6 Å². The molecule has 0 amide bonds. The van der Waals surface area contributed by atoms with Crippen molar-refractivity contribution in [2.24, 2.45) is 4.99 Å². The quantitative estimate of drug-likeness (QED) is 0.164. The third-order valence-electron chi connectivity index (χ3n) is 3.31. The van der Waals surface area contributed by atoms with Crippen molar-refractivity contribution in [3.63, 3.8) is 0 Å². The Kier molecular flexibility index (Phi) is 10.1. The number of carbonyl (C=O) groups excluding carboxylic acids is 1. The minimum Gasteiger partial charge on any atom is -0.469 e. The van der Waals surface area contributed by atoms with Gasteiger partial charge in [-0.15, -0.1) is 13.2 Å². The number of carbonyl (C=O) groups is 1. The van der Waals surface area contributed by atoms with E-state index in [2.05, 4.69) is 14.5 Å². The van der Waals surface area contributed by atoms with Gasteiger partial charge in [0, 0.05) is 19.2 Å². The van der Waals surface area contributed by atoms with Crippen molar-refractivity contribution in [2.75, 3.05) is 13.7 Å². The van der Waals surface area contributed by atoms with E-state index in [-0.39, 0.29) is 25.0 Å². The number of aliphatic imine (C=N–C) groups is 1. The fraction of sp³-hybridized carbons (Fsp3) is 0.625. The third-order valence-corrected chi connectivity index (χ3v) is 3.31. The van der Waals surface area contributed by atoms with Gasteiger partial charge in [-0.1, -0.05) is 6.08 Å². The van der Waals surface area contributed by atoms with Crippen LogP contribution >= 0.6 is 0 Å². The molecule has 11 heteroatoms. The Morgan fingerprint density at radius 1 is 1.22 bits per heavy atom. The van der Waals surface area contributed by atoms with Gasteiger partial charge in [0.2, 0.25) is 5.84 Å². The maximum atomic E-state index is 13.0. The van der Waals surface area contributed by atoms with Gasteiger partial charge in [0.05, 0.1) is 13.2 Å². The smallest absolute Gasteiger partial charge is 0.469 e. The van der Waals surface area contributed by atoms with Crippen molar-refractivity contribution < 1.29 is 40.6 Å². The zero-order valence-corrected chi connectivity index (χ0v) is 15.3. The van der Waals surface area contributed by atoms with E-state index < -0.39 is 30.4 Å². The van der Waals surface area contributed by atoms with Crippen LogP contribution in [0, 0.1) is 0 Å². The van der Waals surface area contributed by atoms with Gasteiger partial charge in [-0.2, -0.15) is 13.2 Å². The Hall–Kier alpha value is -2.04. The molecule has 0 aromatic rings. The second-order valence-electron chi connectivity index (χ2n) is 5.33. The number of nitrogens with zero attached hydrogens (tertiary/aromatic N) is 1. The van der Waals surface area contributed by atoms with Gasteiger partial charge in [0.15, 0.2) is 0 Å². The van der Waals surface area contributed by atoms with Gasteiger partial charge in [0.1, 0.15) is 0 Å². The van der Waals surface area contributed by atoms with Crippen LogP contribution in [0.25, 0.3) is 0 Å². The number of halogens is 6. The fourth-order valence-corrected chi connectivity index (χ4v) is 1.86. The van der Waals surface area contributed by atoms with Crippen LogP contribution in [0.2, 0.25) is 0 Å². The van der Waals surface area contributed by atoms with Crippen molar-refractivity contribution >= 4 is 11.8 Å². The van der Waals surface area contributed by atoms with Crippen LogP contribution in [-0.4, -0.2) is 44.1 Å². The average Bonchev–Trinajstić information content (AvgIpc) is 2.53. The molecule has 0 aliphatic heterocycles. The molecule has 27 heavy (non-hydrogen) atoms. The van der Waals surface area contributed by atoms with Gasteiger partial charge < -0.3 is 10.1 Å². The summed E-state index contributed by atoms with van der Waals surface area (Å²) in [6.07, 6.45) is -9.22. The molecule has 0 saturated carbocycles. The van der Waals surface area contributed by atoms with Crippen LogP contribution in [0.4, 0.5) is 26.3 Å². The largest absolute Gasteiger partial charge is 0.523 e. The molecule has 156 valence electrons. The number of esters is 1. The maximum absolute atomic E-state index is 13.0. The van der Waals surface area contributed by atoms with E-state index in [1.54, 1.807) is 0 Å². The first-order chi connectivity index (χ1) is 12.3. The standard InChI is InChI=1S/C16H22F6N2O3/c1-5-10(2)12(11(3)27-16(20,21)22)9-24-14(15(17,18)19)23-8-6-7-13(25)26-4/h5,9,11H,6-8H2,1-4H3,(H,23,24)/b10-5+,12-9-/t11-/m1/s1. The molecule has 0 radical (unpaired) electrons. The number of hydrogen-bond donors (Lipinski definition) is 1. The highest BCUT2D eigenvalue weighted by atomic mass is 19.4. The summed E-state index contributed by atoms with van der Waals surface area (Å²) in [4.78, 5) is 14.3. The molecule has 1 N–H and O–H groups in total. The highest BCUT2D eigenvalue weighted by Gasteiger charge is 2.36. The molecule has 5 nitrogen and oxygen atoms in total. The predicted octanol–water partition coefficient (Wildman–Crippen LogP) is 4.27. The molecular formula is C16H22F6N2O3. The normalized spacial score (nSPS) is 15.6. The molecule has 0 aromatic carbocycles. The van der Waals surface area contributed by atoms with Gasteiger partial charge in [0.25, 0.3) is 0 Å². The zero-order chi connectivity index (χ0) is 21.3. The van der Waals surface area contributed by atoms with E-state index in [4.69, 9.17) is 0 Å². The number of allylic oxidation sites excluding steroid dienone is 1. The maximum Gasteiger partial charge on any atom is 0.523 e. The summed E-state index contributed by atoms with van der Waals surface area (Å²) in [7, 11) is 1.15. The zero-order valence-electron chi connectivity index (χ0n) is 15.3. The summed E-state index contributed by atoms with van der Waals surface area (Å²) in [5.41, 5.74) is 0.174. The fourth-order valence-electron chi connectivity index (χ4n) is 1.86. The van der Waals surface area contributed by atoms with Gasteiger partial charge >= 0.3 is 18.5 Å². The van der Waals surface area contributed by atoms with E-state index in [9.17, 15) is 31.1 Å². The molecule has 0 spiro atoms. The van der Waals surface area contributed by atoms with E-state index in [0.717, 1.165) is 20.2 Å². The van der Waals surface area contributed by atoms with Crippen LogP contribution in [0.5, 0.6) is 0 Å². The highest BCUT2D eigenvalue weighted by Crippen LogP contribution is 2.25. The summed E-state index contributed by atoms with van der Waals surface area (Å²) in [5, 5.41) is 1.90. The molecular weight excluding hydrogens is 382 g/mol. The highest BCUT2D eigenvalue weighted by molar-refractivity contribution is 5.88. The SMILES string of the molecule is C/C=C(C)/C(=C/N/C(=N\CCCC(=O)OC)C(F)(F)F)[C@@H](C)OC(F)(F)F. The second kappa shape index (κ2) is 11.0. The van der Waals surface area contributed by atoms with E-state index in [0.29, 0.717) is 5.57 Å². The summed E-state index contributed by atoms with van der Waals surface area (Å²) >= 11 is 0. The minimum atomic E-state index is -4.94. The molecule has 1 atom stereocenters. The number of amidine groups is 1. The van der Waals surface area contributed by atoms with E-state index >= 15 is 0 Å². The third kappa shape index (κ3) is 10.6. The Morgan fingerprint density at radius 3 is 2.26 bits per heavy atom. The molecule has 0 rings (SSSR count). The Morgan fingerprint density at radius 2 is 1.81 bits per heavy atom. The van der Waals surface area contributed by atoms with Crippen molar-refractivity contribution in [2.45, 2.75) is 52.3 Å². The van der Waals surface area contributed by atoms with E-state index in [1.807, 2.05) is 5.32 Å². The average molecular weight is 404 g/mol. The molecule has 0 bridgehead atoms. The molecule has 0 aliphatic carbocycles. The number of rotatable bonds is 8. The molecule has 0 fully saturated rings. The Bertz CT molecular complexity index is 580. The van der Waals surface area contributed by atoms with Crippen LogP contribution < -0.4 is 5.32 Å². The number of methoxy groups -OCH3 is 1. The number of alkyl halides is 6. The minimum absolute atomic E-state index is 0.0198. The number of hydrogen-bond acceptors (Lipinski definition) is 4. The first-order valence-electron chi connectivity index (χ1n) is 7.84. The summed E-state index contributed by atoms with van der Waals surface area (Å²) < 4.78 is 84.5. The summed E-state index contributed by atoms with van der Waals surface area (Å²) in [6, 6.07) is 0. The van der Waals surface area contributed by atoms with Gasteiger partial charge in [-0.3, -0.25) is 14.5 Å². The molecule has 0 aromatic heterocycles. The van der Waals surface area contributed by atoms with Crippen LogP contribution in [0.15, 0.2) is 28.4 Å². The topological polar surface area (TPSA) is 59.9 Å². The second-order valence-corrected chi connectivity index (χ2v) is 5.33. The van der Waals surface area contributed by atoms with Crippen molar-refractivity contribution in [3.8, 4) is 0 Å². The van der Waals surface area contributed by atoms with Gasteiger partial charge in [-0.25, -0.2) is 0 Å². The lowest BCUT2D eigenvalue weighted by Crippen LogP contribution is -2.35. The Labute approximate surface area is 153 Å². The first-order valence-corrected chi connectivity index (χ1v) is 7.84. The van der Waals surface area contributed by atoms with E-state index in [1.165, 1.54) is 19.9 Å². The molecule has 0 aliphatic rings. The van der Waals surface area contributed by atoms with Gasteiger partial charge in [-0.05, 0) is 38.3 Å². The van der Waals surface area contributed by atoms with Crippen LogP contribution in [-0.2, 0) is 14.3 Å². The summed E-state index contributed by atoms with van der Waals surface area (Å²) in [5.74, 6) is -1.98. The Balaban J connectivity index is 5.36. The number of nitrogens with one attached hydrogen (secondary N) is 1. The van der Waals surface area contributed by atoms with Crippen molar-refractivity contribution in [1.82, 2.24) is 5.32 Å².